The number of halogens is 1. The number of rotatable bonds is 9. The molecule has 0 aliphatic carbocycles. The lowest BCUT2D eigenvalue weighted by Gasteiger charge is -2.43. The summed E-state index contributed by atoms with van der Waals surface area (Å²) in [5.74, 6) is 0.753. The number of nitrogens with zero attached hydrogens (tertiary/aromatic N) is 2. The van der Waals surface area contributed by atoms with Gasteiger partial charge < -0.3 is 28.7 Å². The van der Waals surface area contributed by atoms with Crippen molar-refractivity contribution in [2.24, 2.45) is 0 Å². The molecule has 4 rings (SSSR count). The van der Waals surface area contributed by atoms with Crippen molar-refractivity contribution in [3.05, 3.63) is 59.9 Å². The zero-order chi connectivity index (χ0) is 25.4. The van der Waals surface area contributed by atoms with E-state index < -0.39 is 5.60 Å². The van der Waals surface area contributed by atoms with E-state index in [1.54, 1.807) is 9.80 Å². The normalized spacial score (nSPS) is 20.2. The molecule has 8 nitrogen and oxygen atoms in total. The van der Waals surface area contributed by atoms with Crippen LogP contribution in [-0.2, 0) is 25.5 Å². The quantitative estimate of drug-likeness (QED) is 0.527. The van der Waals surface area contributed by atoms with Crippen LogP contribution in [0.3, 0.4) is 0 Å². The van der Waals surface area contributed by atoms with Crippen LogP contribution in [0, 0.1) is 5.82 Å². The number of hydrogen-bond acceptors (Lipinski definition) is 6. The highest BCUT2D eigenvalue weighted by atomic mass is 19.1. The fourth-order valence-corrected chi connectivity index (χ4v) is 4.41. The Morgan fingerprint density at radius 1 is 0.889 bits per heavy atom. The molecule has 2 saturated heterocycles. The first-order valence-electron chi connectivity index (χ1n) is 12.3. The van der Waals surface area contributed by atoms with Gasteiger partial charge in [-0.15, -0.1) is 0 Å². The highest BCUT2D eigenvalue weighted by Crippen LogP contribution is 2.26. The molecule has 36 heavy (non-hydrogen) atoms. The van der Waals surface area contributed by atoms with Gasteiger partial charge in [0.1, 0.15) is 29.5 Å². The summed E-state index contributed by atoms with van der Waals surface area (Å²) in [5, 5.41) is 0. The summed E-state index contributed by atoms with van der Waals surface area (Å²) in [6, 6.07) is 13.2. The van der Waals surface area contributed by atoms with Crippen LogP contribution < -0.4 is 9.47 Å². The monoisotopic (exact) mass is 500 g/mol. The minimum atomic E-state index is -1.02. The Hall–Kier alpha value is -3.17. The maximum absolute atomic E-state index is 13.3. The molecule has 2 aliphatic rings. The van der Waals surface area contributed by atoms with Crippen LogP contribution in [-0.4, -0.2) is 86.4 Å². The second kappa shape index (κ2) is 12.2. The van der Waals surface area contributed by atoms with Crippen molar-refractivity contribution < 1.29 is 32.9 Å². The van der Waals surface area contributed by atoms with Crippen LogP contribution in [0.5, 0.6) is 11.5 Å². The lowest BCUT2D eigenvalue weighted by Crippen LogP contribution is -2.59. The Morgan fingerprint density at radius 3 is 2.22 bits per heavy atom. The molecule has 2 heterocycles. The highest BCUT2D eigenvalue weighted by molar-refractivity contribution is 5.80. The van der Waals surface area contributed by atoms with Crippen LogP contribution in [0.25, 0.3) is 0 Å². The van der Waals surface area contributed by atoms with Gasteiger partial charge in [0.05, 0.1) is 45.8 Å². The molecule has 2 aromatic rings. The molecule has 0 saturated carbocycles. The Kier molecular flexibility index (Phi) is 8.77. The smallest absolute Gasteiger partial charge is 0.227 e. The summed E-state index contributed by atoms with van der Waals surface area (Å²) < 4.78 is 36.3. The van der Waals surface area contributed by atoms with Crippen molar-refractivity contribution in [3.8, 4) is 11.5 Å². The number of carbonyl (C=O) groups excluding carboxylic acids is 2. The van der Waals surface area contributed by atoms with Crippen molar-refractivity contribution in [1.82, 2.24) is 9.80 Å². The second-order valence-electron chi connectivity index (χ2n) is 9.01. The van der Waals surface area contributed by atoms with Crippen molar-refractivity contribution in [1.29, 1.82) is 0 Å². The predicted octanol–water partition coefficient (Wildman–Crippen LogP) is 2.69. The third kappa shape index (κ3) is 6.95. The van der Waals surface area contributed by atoms with Gasteiger partial charge >= 0.3 is 0 Å². The van der Waals surface area contributed by atoms with Gasteiger partial charge in [0.15, 0.2) is 0 Å². The molecule has 2 aromatic carbocycles. The fourth-order valence-electron chi connectivity index (χ4n) is 4.41. The van der Waals surface area contributed by atoms with E-state index in [1.807, 2.05) is 31.2 Å². The molecular weight excluding hydrogens is 467 g/mol. The van der Waals surface area contributed by atoms with Crippen molar-refractivity contribution >= 4 is 11.8 Å². The van der Waals surface area contributed by atoms with Crippen molar-refractivity contribution in [2.45, 2.75) is 25.4 Å². The first kappa shape index (κ1) is 25.9. The molecule has 0 bridgehead atoms. The van der Waals surface area contributed by atoms with Gasteiger partial charge in [-0.1, -0.05) is 12.1 Å². The SMILES string of the molecule is CCOc1ccc(CC(=O)N2CCO[C@](COc3ccc(F)cc3)(CC(=O)N3CCOCC3)C2)cc1. The van der Waals surface area contributed by atoms with Gasteiger partial charge in [-0.25, -0.2) is 4.39 Å². The van der Waals surface area contributed by atoms with Crippen LogP contribution >= 0.6 is 0 Å². The molecule has 194 valence electrons. The van der Waals surface area contributed by atoms with E-state index in [4.69, 9.17) is 18.9 Å². The molecule has 2 amide bonds. The minimum absolute atomic E-state index is 0.0487. The standard InChI is InChI=1S/C27H33FN2O6/c1-2-34-23-7-3-21(4-8-23)17-25(31)30-13-16-36-27(19-30,18-26(32)29-11-14-33-15-12-29)20-35-24-9-5-22(28)6-10-24/h3-10H,2,11-20H2,1H3/t27-/m1/s1. The third-order valence-electron chi connectivity index (χ3n) is 6.34. The van der Waals surface area contributed by atoms with Gasteiger partial charge in [-0.2, -0.15) is 0 Å². The van der Waals surface area contributed by atoms with Crippen LogP contribution in [0.1, 0.15) is 18.9 Å². The Labute approximate surface area is 210 Å². The summed E-state index contributed by atoms with van der Waals surface area (Å²) in [6.07, 6.45) is 0.305. The summed E-state index contributed by atoms with van der Waals surface area (Å²) in [4.78, 5) is 29.9. The van der Waals surface area contributed by atoms with Gasteiger partial charge in [0.2, 0.25) is 11.8 Å². The van der Waals surface area contributed by atoms with Gasteiger partial charge in [-0.05, 0) is 48.9 Å². The molecule has 0 aromatic heterocycles. The zero-order valence-corrected chi connectivity index (χ0v) is 20.6. The average Bonchev–Trinajstić information content (AvgIpc) is 2.90. The molecule has 2 aliphatic heterocycles. The average molecular weight is 501 g/mol. The summed E-state index contributed by atoms with van der Waals surface area (Å²) in [7, 11) is 0. The largest absolute Gasteiger partial charge is 0.494 e. The molecule has 0 spiro atoms. The summed E-state index contributed by atoms with van der Waals surface area (Å²) in [6.45, 7) is 5.54. The number of carbonyl (C=O) groups is 2. The van der Waals surface area contributed by atoms with Crippen molar-refractivity contribution in [2.75, 3.05) is 59.2 Å². The lowest BCUT2D eigenvalue weighted by atomic mass is 9.96. The fraction of sp³-hybridized carbons (Fsp3) is 0.481. The third-order valence-corrected chi connectivity index (χ3v) is 6.34. The van der Waals surface area contributed by atoms with E-state index >= 15 is 0 Å². The van der Waals surface area contributed by atoms with Gasteiger partial charge in [0, 0.05) is 19.6 Å². The van der Waals surface area contributed by atoms with Crippen molar-refractivity contribution in [3.63, 3.8) is 0 Å². The van der Waals surface area contributed by atoms with Gasteiger partial charge in [-0.3, -0.25) is 9.59 Å². The molecular formula is C27H33FN2O6. The molecule has 0 N–H and O–H groups in total. The molecule has 0 unspecified atom stereocenters. The Balaban J connectivity index is 1.46. The first-order valence-corrected chi connectivity index (χ1v) is 12.3. The van der Waals surface area contributed by atoms with Gasteiger partial charge in [0.25, 0.3) is 0 Å². The van der Waals surface area contributed by atoms with E-state index in [9.17, 15) is 14.0 Å². The maximum Gasteiger partial charge on any atom is 0.227 e. The Bertz CT molecular complexity index is 1010. The molecule has 2 fully saturated rings. The van der Waals surface area contributed by atoms with E-state index in [2.05, 4.69) is 0 Å². The van der Waals surface area contributed by atoms with E-state index in [0.717, 1.165) is 11.3 Å². The number of morpholine rings is 2. The second-order valence-corrected chi connectivity index (χ2v) is 9.01. The van der Waals surface area contributed by atoms with Crippen LogP contribution in [0.15, 0.2) is 48.5 Å². The van der Waals surface area contributed by atoms with E-state index in [1.165, 1.54) is 24.3 Å². The number of hydrogen-bond donors (Lipinski definition) is 0. The zero-order valence-electron chi connectivity index (χ0n) is 20.6. The van der Waals surface area contributed by atoms with E-state index in [0.29, 0.717) is 45.2 Å². The summed E-state index contributed by atoms with van der Waals surface area (Å²) in [5.41, 5.74) is -0.135. The maximum atomic E-state index is 13.3. The first-order chi connectivity index (χ1) is 17.5. The topological polar surface area (TPSA) is 77.5 Å². The number of ether oxygens (including phenoxy) is 4. The minimum Gasteiger partial charge on any atom is -0.494 e. The molecule has 9 heteroatoms. The predicted molar refractivity (Wildman–Crippen MR) is 130 cm³/mol. The summed E-state index contributed by atoms with van der Waals surface area (Å²) >= 11 is 0. The highest BCUT2D eigenvalue weighted by Gasteiger charge is 2.42. The Morgan fingerprint density at radius 2 is 1.53 bits per heavy atom. The number of benzene rings is 2. The molecule has 1 atom stereocenters. The number of amides is 2. The van der Waals surface area contributed by atoms with Crippen LogP contribution in [0.4, 0.5) is 4.39 Å². The van der Waals surface area contributed by atoms with Crippen LogP contribution in [0.2, 0.25) is 0 Å². The lowest BCUT2D eigenvalue weighted by molar-refractivity contribution is -0.167. The van der Waals surface area contributed by atoms with E-state index in [-0.39, 0.29) is 50.2 Å². The molecule has 0 radical (unpaired) electrons.